The lowest BCUT2D eigenvalue weighted by Crippen LogP contribution is -2.35. The number of ether oxygens (including phenoxy) is 1. The number of H-pyrrole nitrogens is 1. The van der Waals surface area contributed by atoms with Crippen molar-refractivity contribution >= 4 is 17.1 Å². The van der Waals surface area contributed by atoms with Crippen LogP contribution in [0.3, 0.4) is 0 Å². The number of nitrogens with zero attached hydrogens (tertiary/aromatic N) is 4. The first-order valence-corrected chi connectivity index (χ1v) is 11.3. The largest absolute Gasteiger partial charge is 0.415 e. The third-order valence-corrected chi connectivity index (χ3v) is 5.95. The molecule has 2 aliphatic rings. The second-order valence-electron chi connectivity index (χ2n) is 8.41. The lowest BCUT2D eigenvalue weighted by Gasteiger charge is -2.24. The van der Waals surface area contributed by atoms with Gasteiger partial charge >= 0.3 is 11.8 Å². The summed E-state index contributed by atoms with van der Waals surface area (Å²) in [7, 11) is 0. The summed E-state index contributed by atoms with van der Waals surface area (Å²) < 4.78 is 7.25. The number of fused-ring (bicyclic) bond motifs is 2. The van der Waals surface area contributed by atoms with E-state index in [4.69, 9.17) is 4.74 Å². The van der Waals surface area contributed by atoms with Crippen molar-refractivity contribution in [3.63, 3.8) is 0 Å². The Bertz CT molecular complexity index is 1500. The molecule has 2 aromatic carbocycles. The van der Waals surface area contributed by atoms with Gasteiger partial charge in [0.25, 0.3) is 5.56 Å². The van der Waals surface area contributed by atoms with Gasteiger partial charge < -0.3 is 14.2 Å². The van der Waals surface area contributed by atoms with Crippen molar-refractivity contribution in [2.24, 2.45) is 0 Å². The Labute approximate surface area is 202 Å². The molecule has 9 heteroatoms. The van der Waals surface area contributed by atoms with Gasteiger partial charge in [-0.3, -0.25) is 9.78 Å². The van der Waals surface area contributed by atoms with Crippen molar-refractivity contribution in [3.05, 3.63) is 91.8 Å². The highest BCUT2D eigenvalue weighted by molar-refractivity contribution is 5.81. The third kappa shape index (κ3) is 5.13. The summed E-state index contributed by atoms with van der Waals surface area (Å²) >= 11 is 0. The van der Waals surface area contributed by atoms with Gasteiger partial charge in [0.2, 0.25) is 0 Å². The molecule has 0 saturated carbocycles. The summed E-state index contributed by atoms with van der Waals surface area (Å²) in [4.78, 5) is 49.9. The number of aromatic nitrogens is 4. The van der Waals surface area contributed by atoms with E-state index in [0.29, 0.717) is 17.8 Å². The zero-order valence-corrected chi connectivity index (χ0v) is 20.2. The molecule has 0 saturated heterocycles. The molecule has 2 aromatic rings. The number of aromatic amines is 1. The smallest absolute Gasteiger partial charge is 0.415 e. The van der Waals surface area contributed by atoms with E-state index < -0.39 is 17.3 Å². The van der Waals surface area contributed by atoms with E-state index in [-0.39, 0.29) is 24.6 Å². The van der Waals surface area contributed by atoms with Crippen LogP contribution < -0.4 is 11.2 Å². The van der Waals surface area contributed by atoms with Crippen molar-refractivity contribution in [1.29, 1.82) is 0 Å². The van der Waals surface area contributed by atoms with Gasteiger partial charge in [-0.15, -0.1) is 0 Å². The third-order valence-electron chi connectivity index (χ3n) is 5.95. The molecule has 2 heterocycles. The Hall–Kier alpha value is -4.27. The molecule has 1 amide bonds. The average molecular weight is 474 g/mol. The van der Waals surface area contributed by atoms with Gasteiger partial charge in [-0.25, -0.2) is 14.6 Å². The standard InChI is InChI=1S/C26H27N5O4/c1-5-18(4)35-26(34)30(15-19-9-7-6-8-10-19)11-12-31-21-14-17(3)16(2)13-20(21)27-22-23(31)28-25(33)29-24(22)32/h5-10,13-14H,11-12,15H2,1-4H3,(H,29,32,33)/b18-5-. The number of allylic oxidation sites excluding steroid dienone is 2. The van der Waals surface area contributed by atoms with E-state index in [0.717, 1.165) is 22.2 Å². The summed E-state index contributed by atoms with van der Waals surface area (Å²) in [5, 5.41) is 0. The molecule has 0 atom stereocenters. The quantitative estimate of drug-likeness (QED) is 0.337. The van der Waals surface area contributed by atoms with Crippen LogP contribution in [0.1, 0.15) is 30.5 Å². The van der Waals surface area contributed by atoms with E-state index in [1.807, 2.05) is 56.3 Å². The Morgan fingerprint density at radius 3 is 2.54 bits per heavy atom. The fourth-order valence-corrected chi connectivity index (χ4v) is 3.80. The fraction of sp³-hybridized carbons (Fsp3) is 0.269. The van der Waals surface area contributed by atoms with Crippen LogP contribution in [0.4, 0.5) is 4.79 Å². The first kappa shape index (κ1) is 23.9. The topological polar surface area (TPSA) is 110 Å². The van der Waals surface area contributed by atoms with Crippen molar-refractivity contribution in [1.82, 2.24) is 24.4 Å². The highest BCUT2D eigenvalue weighted by Gasteiger charge is 2.22. The van der Waals surface area contributed by atoms with Crippen molar-refractivity contribution < 1.29 is 9.53 Å². The summed E-state index contributed by atoms with van der Waals surface area (Å²) in [6.07, 6.45) is 1.23. The maximum atomic E-state index is 13.0. The molecule has 0 fully saturated rings. The van der Waals surface area contributed by atoms with Crippen LogP contribution in [0.2, 0.25) is 0 Å². The molecule has 0 unspecified atom stereocenters. The maximum absolute atomic E-state index is 13.0. The zero-order valence-electron chi connectivity index (χ0n) is 20.2. The highest BCUT2D eigenvalue weighted by Crippen LogP contribution is 2.24. The predicted molar refractivity (Wildman–Crippen MR) is 133 cm³/mol. The molecule has 0 aromatic heterocycles. The van der Waals surface area contributed by atoms with Gasteiger partial charge in [0, 0.05) is 19.6 Å². The summed E-state index contributed by atoms with van der Waals surface area (Å²) in [6.45, 7) is 8.31. The van der Waals surface area contributed by atoms with Crippen molar-refractivity contribution in [2.75, 3.05) is 6.54 Å². The van der Waals surface area contributed by atoms with Crippen LogP contribution in [-0.4, -0.2) is 37.1 Å². The Morgan fingerprint density at radius 1 is 1.11 bits per heavy atom. The number of benzene rings is 2. The maximum Gasteiger partial charge on any atom is 0.415 e. The SMILES string of the molecule is C/C=C(/C)OC(=O)N(CCn1c2nc(=O)[nH]c(=O)c-2nc2cc(C)c(C)cc21)Cc1ccccc1. The summed E-state index contributed by atoms with van der Waals surface area (Å²) in [6, 6.07) is 13.5. The number of carbonyl (C=O) groups excluding carboxylic acids is 1. The van der Waals surface area contributed by atoms with Crippen molar-refractivity contribution in [2.45, 2.75) is 40.8 Å². The minimum Gasteiger partial charge on any atom is -0.415 e. The van der Waals surface area contributed by atoms with E-state index in [1.54, 1.807) is 29.4 Å². The van der Waals surface area contributed by atoms with Gasteiger partial charge in [-0.2, -0.15) is 4.98 Å². The zero-order chi connectivity index (χ0) is 25.1. The lowest BCUT2D eigenvalue weighted by molar-refractivity contribution is 0.124. The second-order valence-corrected chi connectivity index (χ2v) is 8.41. The molecule has 0 bridgehead atoms. The number of aryl methyl sites for hydroxylation is 2. The molecule has 0 aliphatic carbocycles. The van der Waals surface area contributed by atoms with E-state index >= 15 is 0 Å². The Morgan fingerprint density at radius 2 is 1.83 bits per heavy atom. The molecule has 0 spiro atoms. The van der Waals surface area contributed by atoms with E-state index in [2.05, 4.69) is 15.0 Å². The Balaban J connectivity index is 1.78. The second kappa shape index (κ2) is 9.92. The monoisotopic (exact) mass is 473 g/mol. The number of rotatable bonds is 6. The van der Waals surface area contributed by atoms with Crippen LogP contribution in [0.15, 0.2) is 63.9 Å². The normalized spacial score (nSPS) is 11.7. The first-order valence-electron chi connectivity index (χ1n) is 11.3. The first-order chi connectivity index (χ1) is 16.8. The van der Waals surface area contributed by atoms with Gasteiger partial charge in [-0.05, 0) is 62.6 Å². The molecule has 180 valence electrons. The van der Waals surface area contributed by atoms with Crippen LogP contribution in [0.25, 0.3) is 22.6 Å². The van der Waals surface area contributed by atoms with Crippen LogP contribution in [-0.2, 0) is 17.8 Å². The van der Waals surface area contributed by atoms with Crippen LogP contribution in [0, 0.1) is 13.8 Å². The minimum atomic E-state index is -0.745. The van der Waals surface area contributed by atoms with E-state index in [1.165, 1.54) is 0 Å². The number of amides is 1. The predicted octanol–water partition coefficient (Wildman–Crippen LogP) is 3.76. The van der Waals surface area contributed by atoms with E-state index in [9.17, 15) is 14.4 Å². The molecule has 1 N–H and O–H groups in total. The molecule has 0 radical (unpaired) electrons. The van der Waals surface area contributed by atoms with Gasteiger partial charge in [0.1, 0.15) is 5.76 Å². The van der Waals surface area contributed by atoms with Crippen LogP contribution >= 0.6 is 0 Å². The molecule has 9 nitrogen and oxygen atoms in total. The molecule has 35 heavy (non-hydrogen) atoms. The average Bonchev–Trinajstić information content (AvgIpc) is 2.83. The van der Waals surface area contributed by atoms with Gasteiger partial charge in [0.05, 0.1) is 11.0 Å². The van der Waals surface area contributed by atoms with Gasteiger partial charge in [0.15, 0.2) is 11.5 Å². The number of carbonyl (C=O) groups is 1. The number of hydrogen-bond donors (Lipinski definition) is 1. The Kier molecular flexibility index (Phi) is 6.77. The fourth-order valence-electron chi connectivity index (χ4n) is 3.80. The molecule has 4 rings (SSSR count). The van der Waals surface area contributed by atoms with Gasteiger partial charge in [-0.1, -0.05) is 30.3 Å². The highest BCUT2D eigenvalue weighted by atomic mass is 16.6. The minimum absolute atomic E-state index is 0.0716. The summed E-state index contributed by atoms with van der Waals surface area (Å²) in [5.74, 6) is 0.669. The lowest BCUT2D eigenvalue weighted by atomic mass is 10.1. The molecular weight excluding hydrogens is 446 g/mol. The molecular formula is C26H27N5O4. The number of hydrogen-bond acceptors (Lipinski definition) is 6. The van der Waals surface area contributed by atoms with Crippen LogP contribution in [0.5, 0.6) is 0 Å². The number of nitrogens with one attached hydrogen (secondary N) is 1. The van der Waals surface area contributed by atoms with Crippen molar-refractivity contribution in [3.8, 4) is 11.5 Å². The summed E-state index contributed by atoms with van der Waals surface area (Å²) in [5.41, 5.74) is 3.05. The molecule has 2 aliphatic heterocycles.